The van der Waals surface area contributed by atoms with E-state index in [2.05, 4.69) is 75.9 Å². The Balaban J connectivity index is 2.06. The van der Waals surface area contributed by atoms with Gasteiger partial charge in [0.15, 0.2) is 0 Å². The minimum Gasteiger partial charge on any atom is -0.0981 e. The van der Waals surface area contributed by atoms with E-state index < -0.39 is 0 Å². The first-order valence-corrected chi connectivity index (χ1v) is 7.19. The molecule has 0 amide bonds. The summed E-state index contributed by atoms with van der Waals surface area (Å²) in [5, 5.41) is 2.19. The topological polar surface area (TPSA) is 0 Å². The molecule has 0 fully saturated rings. The number of allylic oxidation sites excluding steroid dienone is 1. The maximum absolute atomic E-state index is 3.48. The lowest BCUT2D eigenvalue weighted by atomic mass is 9.91. The molecule has 2 heteroatoms. The molecule has 2 aromatic rings. The molecule has 0 radical (unpaired) electrons. The second-order valence-corrected chi connectivity index (χ2v) is 5.88. The molecule has 84 valence electrons. The van der Waals surface area contributed by atoms with E-state index in [1.165, 1.54) is 16.0 Å². The van der Waals surface area contributed by atoms with E-state index in [4.69, 9.17) is 0 Å². The number of hydrogen-bond acceptors (Lipinski definition) is 1. The van der Waals surface area contributed by atoms with Crippen molar-refractivity contribution in [3.05, 3.63) is 75.6 Å². The van der Waals surface area contributed by atoms with Gasteiger partial charge in [0.2, 0.25) is 0 Å². The van der Waals surface area contributed by atoms with Crippen LogP contribution in [-0.2, 0) is 0 Å². The van der Waals surface area contributed by atoms with Gasteiger partial charge in [-0.15, -0.1) is 0 Å². The van der Waals surface area contributed by atoms with E-state index in [-0.39, 0.29) is 0 Å². The van der Waals surface area contributed by atoms with Crippen LogP contribution >= 0.6 is 27.7 Å². The first-order valence-electron chi connectivity index (χ1n) is 5.52. The van der Waals surface area contributed by atoms with E-state index in [9.17, 15) is 0 Å². The second-order valence-electron chi connectivity index (χ2n) is 4.01. The third-order valence-corrected chi connectivity index (χ3v) is 4.40. The summed E-state index contributed by atoms with van der Waals surface area (Å²) in [6, 6.07) is 17.2. The van der Waals surface area contributed by atoms with Crippen LogP contribution in [-0.4, -0.2) is 0 Å². The molecule has 0 aliphatic carbocycles. The Morgan fingerprint density at radius 3 is 2.53 bits per heavy atom. The maximum Gasteiger partial charge on any atom is 0.0288 e. The molecule has 0 spiro atoms. The molecule has 1 atom stereocenters. The van der Waals surface area contributed by atoms with Gasteiger partial charge in [-0.05, 0) is 34.7 Å². The summed E-state index contributed by atoms with van der Waals surface area (Å²) in [6.07, 6.45) is 2.27. The third-order valence-electron chi connectivity index (χ3n) is 2.95. The summed E-state index contributed by atoms with van der Waals surface area (Å²) in [5.41, 5.74) is 2.75. The van der Waals surface area contributed by atoms with Crippen molar-refractivity contribution < 1.29 is 0 Å². The molecule has 0 saturated heterocycles. The first kappa shape index (κ1) is 11.1. The smallest absolute Gasteiger partial charge is 0.0288 e. The highest BCUT2D eigenvalue weighted by Crippen LogP contribution is 2.39. The Labute approximate surface area is 114 Å². The molecule has 17 heavy (non-hydrogen) atoms. The molecular weight excluding hydrogens is 292 g/mol. The van der Waals surface area contributed by atoms with Crippen molar-refractivity contribution in [3.63, 3.8) is 0 Å². The van der Waals surface area contributed by atoms with Gasteiger partial charge >= 0.3 is 0 Å². The van der Waals surface area contributed by atoms with Crippen LogP contribution in [0.1, 0.15) is 17.0 Å². The summed E-state index contributed by atoms with van der Waals surface area (Å²) in [5.74, 6) is 0.389. The number of halogens is 1. The van der Waals surface area contributed by atoms with Crippen molar-refractivity contribution in [2.24, 2.45) is 0 Å². The SMILES string of the molecule is Brc1ccc(C2C=CSc3ccccc32)cc1. The number of rotatable bonds is 1. The summed E-state index contributed by atoms with van der Waals surface area (Å²) in [6.45, 7) is 0. The quantitative estimate of drug-likeness (QED) is 0.697. The summed E-state index contributed by atoms with van der Waals surface area (Å²) < 4.78 is 1.13. The molecule has 3 rings (SSSR count). The van der Waals surface area contributed by atoms with Crippen molar-refractivity contribution >= 4 is 27.7 Å². The zero-order chi connectivity index (χ0) is 11.7. The average molecular weight is 303 g/mol. The highest BCUT2D eigenvalue weighted by molar-refractivity contribution is 9.10. The van der Waals surface area contributed by atoms with Gasteiger partial charge in [-0.25, -0.2) is 0 Å². The molecule has 1 aliphatic heterocycles. The predicted molar refractivity (Wildman–Crippen MR) is 77.4 cm³/mol. The Morgan fingerprint density at radius 1 is 0.941 bits per heavy atom. The van der Waals surface area contributed by atoms with Crippen LogP contribution in [0.3, 0.4) is 0 Å². The Kier molecular flexibility index (Phi) is 3.08. The minimum absolute atomic E-state index is 0.389. The van der Waals surface area contributed by atoms with Crippen LogP contribution in [0.5, 0.6) is 0 Å². The molecule has 0 nitrogen and oxygen atoms in total. The van der Waals surface area contributed by atoms with Gasteiger partial charge < -0.3 is 0 Å². The molecule has 1 heterocycles. The van der Waals surface area contributed by atoms with Crippen molar-refractivity contribution in [2.75, 3.05) is 0 Å². The van der Waals surface area contributed by atoms with Crippen molar-refractivity contribution in [1.82, 2.24) is 0 Å². The van der Waals surface area contributed by atoms with Crippen molar-refractivity contribution in [1.29, 1.82) is 0 Å². The Bertz CT molecular complexity index is 557. The monoisotopic (exact) mass is 302 g/mol. The van der Waals surface area contributed by atoms with Gasteiger partial charge in [-0.2, -0.15) is 0 Å². The van der Waals surface area contributed by atoms with Gasteiger partial charge in [0, 0.05) is 15.3 Å². The number of hydrogen-bond donors (Lipinski definition) is 0. The van der Waals surface area contributed by atoms with Crippen molar-refractivity contribution in [3.8, 4) is 0 Å². The first-order chi connectivity index (χ1) is 8.34. The van der Waals surface area contributed by atoms with Crippen LogP contribution in [0.15, 0.2) is 69.4 Å². The molecule has 0 bridgehead atoms. The number of thioether (sulfide) groups is 1. The standard InChI is InChI=1S/C15H11BrS/c16-12-7-5-11(6-8-12)13-9-10-17-15-4-2-1-3-14(13)15/h1-10,13H. The average Bonchev–Trinajstić information content (AvgIpc) is 2.39. The number of fused-ring (bicyclic) bond motifs is 1. The minimum atomic E-state index is 0.389. The Hall–Kier alpha value is -0.990. The summed E-state index contributed by atoms with van der Waals surface area (Å²) >= 11 is 5.28. The Morgan fingerprint density at radius 2 is 1.71 bits per heavy atom. The molecule has 1 unspecified atom stereocenters. The zero-order valence-corrected chi connectivity index (χ0v) is 11.5. The lowest BCUT2D eigenvalue weighted by Gasteiger charge is -2.20. The van der Waals surface area contributed by atoms with E-state index in [1.807, 2.05) is 0 Å². The normalized spacial score (nSPS) is 17.8. The predicted octanol–water partition coefficient (Wildman–Crippen LogP) is 5.20. The third kappa shape index (κ3) is 2.20. The molecule has 1 aliphatic rings. The summed E-state index contributed by atoms with van der Waals surface area (Å²) in [7, 11) is 0. The molecular formula is C15H11BrS. The summed E-state index contributed by atoms with van der Waals surface area (Å²) in [4.78, 5) is 1.36. The fourth-order valence-electron chi connectivity index (χ4n) is 2.10. The van der Waals surface area contributed by atoms with Gasteiger partial charge in [0.1, 0.15) is 0 Å². The molecule has 0 N–H and O–H groups in total. The molecule has 0 aromatic heterocycles. The van der Waals surface area contributed by atoms with Gasteiger partial charge in [-0.1, -0.05) is 64.1 Å². The van der Waals surface area contributed by atoms with Gasteiger partial charge in [-0.3, -0.25) is 0 Å². The maximum atomic E-state index is 3.48. The number of benzene rings is 2. The van der Waals surface area contributed by atoms with Crippen molar-refractivity contribution in [2.45, 2.75) is 10.8 Å². The highest BCUT2D eigenvalue weighted by Gasteiger charge is 2.17. The largest absolute Gasteiger partial charge is 0.0981 e. The van der Waals surface area contributed by atoms with Gasteiger partial charge in [0.05, 0.1) is 0 Å². The van der Waals surface area contributed by atoms with Crippen LogP contribution in [0.2, 0.25) is 0 Å². The van der Waals surface area contributed by atoms with E-state index in [0.29, 0.717) is 5.92 Å². The fraction of sp³-hybridized carbons (Fsp3) is 0.0667. The van der Waals surface area contributed by atoms with Gasteiger partial charge in [0.25, 0.3) is 0 Å². The lowest BCUT2D eigenvalue weighted by molar-refractivity contribution is 0.982. The van der Waals surface area contributed by atoms with E-state index in [1.54, 1.807) is 11.8 Å². The second kappa shape index (κ2) is 4.71. The highest BCUT2D eigenvalue weighted by atomic mass is 79.9. The van der Waals surface area contributed by atoms with Crippen LogP contribution in [0.4, 0.5) is 0 Å². The van der Waals surface area contributed by atoms with E-state index in [0.717, 1.165) is 4.47 Å². The van der Waals surface area contributed by atoms with Crippen LogP contribution in [0.25, 0.3) is 0 Å². The zero-order valence-electron chi connectivity index (χ0n) is 9.14. The molecule has 0 saturated carbocycles. The van der Waals surface area contributed by atoms with E-state index >= 15 is 0 Å². The van der Waals surface area contributed by atoms with Crippen LogP contribution < -0.4 is 0 Å². The van der Waals surface area contributed by atoms with Crippen LogP contribution in [0, 0.1) is 0 Å². The fourth-order valence-corrected chi connectivity index (χ4v) is 3.24. The molecule has 2 aromatic carbocycles. The lowest BCUT2D eigenvalue weighted by Crippen LogP contribution is -2.01.